The maximum absolute atomic E-state index is 13.0. The number of aromatic nitrogens is 2. The topological polar surface area (TPSA) is 102 Å². The zero-order valence-corrected chi connectivity index (χ0v) is 18.1. The summed E-state index contributed by atoms with van der Waals surface area (Å²) in [5, 5.41) is 7.00. The van der Waals surface area contributed by atoms with E-state index < -0.39 is 10.0 Å². The highest BCUT2D eigenvalue weighted by Crippen LogP contribution is 2.28. The fourth-order valence-electron chi connectivity index (χ4n) is 3.07. The van der Waals surface area contributed by atoms with Crippen LogP contribution >= 0.6 is 0 Å². The van der Waals surface area contributed by atoms with Crippen molar-refractivity contribution in [3.05, 3.63) is 65.5 Å². The number of aryl methyl sites for hydroxylation is 3. The van der Waals surface area contributed by atoms with Crippen LogP contribution in [0.2, 0.25) is 0 Å². The Morgan fingerprint density at radius 2 is 1.83 bits per heavy atom. The summed E-state index contributed by atoms with van der Waals surface area (Å²) in [7, 11) is -2.43. The molecule has 0 saturated heterocycles. The molecule has 0 fully saturated rings. The van der Waals surface area contributed by atoms with Crippen LogP contribution in [-0.2, 0) is 21.4 Å². The molecule has 2 aromatic carbocycles. The van der Waals surface area contributed by atoms with Gasteiger partial charge in [0, 0.05) is 11.4 Å². The molecule has 1 amide bonds. The number of sulfonamides is 1. The number of rotatable bonds is 7. The lowest BCUT2D eigenvalue weighted by molar-refractivity contribution is -0.116. The molecule has 0 radical (unpaired) electrons. The van der Waals surface area contributed by atoms with Gasteiger partial charge in [0.15, 0.2) is 0 Å². The van der Waals surface area contributed by atoms with Gasteiger partial charge in [-0.3, -0.25) is 14.2 Å². The maximum atomic E-state index is 13.0. The van der Waals surface area contributed by atoms with E-state index in [1.165, 1.54) is 13.2 Å². The summed E-state index contributed by atoms with van der Waals surface area (Å²) in [6.45, 7) is 5.45. The summed E-state index contributed by atoms with van der Waals surface area (Å²) in [5.41, 5.74) is 2.96. The summed E-state index contributed by atoms with van der Waals surface area (Å²) in [6.07, 6.45) is 0. The Bertz CT molecular complexity index is 1190. The van der Waals surface area contributed by atoms with E-state index in [0.717, 1.165) is 11.4 Å². The van der Waals surface area contributed by atoms with Crippen molar-refractivity contribution in [2.24, 2.45) is 0 Å². The minimum Gasteiger partial charge on any atom is -0.495 e. The Morgan fingerprint density at radius 3 is 2.50 bits per heavy atom. The molecule has 0 aliphatic heterocycles. The number of hydrogen-bond acceptors (Lipinski definition) is 5. The number of amides is 1. The van der Waals surface area contributed by atoms with Crippen LogP contribution < -0.4 is 14.8 Å². The number of nitrogens with zero attached hydrogens (tertiary/aromatic N) is 2. The average molecular weight is 429 g/mol. The van der Waals surface area contributed by atoms with E-state index in [4.69, 9.17) is 4.74 Å². The van der Waals surface area contributed by atoms with E-state index in [9.17, 15) is 13.2 Å². The van der Waals surface area contributed by atoms with Crippen molar-refractivity contribution in [2.45, 2.75) is 32.2 Å². The Hall–Kier alpha value is -3.33. The highest BCUT2D eigenvalue weighted by atomic mass is 32.2. The quantitative estimate of drug-likeness (QED) is 0.601. The molecule has 3 rings (SSSR count). The number of ether oxygens (including phenoxy) is 1. The van der Waals surface area contributed by atoms with Crippen LogP contribution in [0.1, 0.15) is 17.0 Å². The number of hydrogen-bond donors (Lipinski definition) is 2. The third-order valence-corrected chi connectivity index (χ3v) is 6.02. The van der Waals surface area contributed by atoms with E-state index in [1.807, 2.05) is 19.9 Å². The SMILES string of the molecule is COc1ccccc1NS(=O)(=O)c1cc(NC(=O)Cn2nc(C)cc2C)ccc1C. The zero-order chi connectivity index (χ0) is 21.9. The number of carbonyl (C=O) groups excluding carboxylic acids is 1. The summed E-state index contributed by atoms with van der Waals surface area (Å²) in [5.74, 6) is 0.110. The monoisotopic (exact) mass is 428 g/mol. The van der Waals surface area contributed by atoms with Crippen LogP contribution in [0.15, 0.2) is 53.4 Å². The number of carbonyl (C=O) groups is 1. The van der Waals surface area contributed by atoms with Gasteiger partial charge < -0.3 is 10.1 Å². The average Bonchev–Trinajstić information content (AvgIpc) is 3.00. The van der Waals surface area contributed by atoms with Gasteiger partial charge in [-0.05, 0) is 56.7 Å². The molecule has 0 aliphatic carbocycles. The molecule has 0 bridgehead atoms. The Kier molecular flexibility index (Phi) is 6.12. The number of methoxy groups -OCH3 is 1. The standard InChI is InChI=1S/C21H24N4O4S/c1-14-9-10-17(22-21(26)13-25-16(3)11-15(2)23-25)12-20(14)30(27,28)24-18-7-5-6-8-19(18)29-4/h5-12,24H,13H2,1-4H3,(H,22,26). The molecule has 158 valence electrons. The third-order valence-electron chi connectivity index (χ3n) is 4.51. The van der Waals surface area contributed by atoms with Gasteiger partial charge in [0.05, 0.1) is 23.4 Å². The van der Waals surface area contributed by atoms with Gasteiger partial charge in [0.25, 0.3) is 10.0 Å². The van der Waals surface area contributed by atoms with Gasteiger partial charge in [-0.1, -0.05) is 18.2 Å². The van der Waals surface area contributed by atoms with Crippen molar-refractivity contribution in [3.8, 4) is 5.75 Å². The number of nitrogens with one attached hydrogen (secondary N) is 2. The van der Waals surface area contributed by atoms with Crippen molar-refractivity contribution in [3.63, 3.8) is 0 Å². The molecule has 0 atom stereocenters. The highest BCUT2D eigenvalue weighted by Gasteiger charge is 2.20. The minimum atomic E-state index is -3.90. The molecule has 8 nitrogen and oxygen atoms in total. The summed E-state index contributed by atoms with van der Waals surface area (Å²) in [4.78, 5) is 12.5. The fraction of sp³-hybridized carbons (Fsp3) is 0.238. The first-order valence-electron chi connectivity index (χ1n) is 9.27. The number of anilines is 2. The minimum absolute atomic E-state index is 0.0368. The van der Waals surface area contributed by atoms with E-state index >= 15 is 0 Å². The molecule has 0 spiro atoms. The van der Waals surface area contributed by atoms with Crippen LogP contribution in [0, 0.1) is 20.8 Å². The van der Waals surface area contributed by atoms with Crippen molar-refractivity contribution in [1.29, 1.82) is 0 Å². The second-order valence-corrected chi connectivity index (χ2v) is 8.57. The predicted molar refractivity (Wildman–Crippen MR) is 115 cm³/mol. The van der Waals surface area contributed by atoms with Gasteiger partial charge in [-0.2, -0.15) is 5.10 Å². The van der Waals surface area contributed by atoms with Crippen molar-refractivity contribution < 1.29 is 17.9 Å². The second-order valence-electron chi connectivity index (χ2n) is 6.92. The molecule has 1 heterocycles. The second kappa shape index (κ2) is 8.58. The smallest absolute Gasteiger partial charge is 0.262 e. The normalized spacial score (nSPS) is 11.2. The molecule has 0 aliphatic rings. The van der Waals surface area contributed by atoms with Crippen molar-refractivity contribution >= 4 is 27.3 Å². The molecule has 30 heavy (non-hydrogen) atoms. The third kappa shape index (κ3) is 4.80. The largest absolute Gasteiger partial charge is 0.495 e. The van der Waals surface area contributed by atoms with Gasteiger partial charge >= 0.3 is 0 Å². The number of para-hydroxylation sites is 2. The van der Waals surface area contributed by atoms with E-state index in [1.54, 1.807) is 48.0 Å². The molecule has 2 N–H and O–H groups in total. The zero-order valence-electron chi connectivity index (χ0n) is 17.3. The van der Waals surface area contributed by atoms with Gasteiger partial charge in [0.1, 0.15) is 12.3 Å². The van der Waals surface area contributed by atoms with Gasteiger partial charge in [-0.15, -0.1) is 0 Å². The first-order chi connectivity index (χ1) is 14.2. The van der Waals surface area contributed by atoms with Crippen molar-refractivity contribution in [1.82, 2.24) is 9.78 Å². The maximum Gasteiger partial charge on any atom is 0.262 e. The van der Waals surface area contributed by atoms with Crippen LogP contribution in [0.3, 0.4) is 0 Å². The van der Waals surface area contributed by atoms with Crippen molar-refractivity contribution in [2.75, 3.05) is 17.1 Å². The number of benzene rings is 2. The van der Waals surface area contributed by atoms with Gasteiger partial charge in [-0.25, -0.2) is 8.42 Å². The van der Waals surface area contributed by atoms with Crippen LogP contribution in [0.5, 0.6) is 5.75 Å². The van der Waals surface area contributed by atoms with Crippen LogP contribution in [0.4, 0.5) is 11.4 Å². The lowest BCUT2D eigenvalue weighted by Gasteiger charge is -2.14. The first kappa shape index (κ1) is 21.4. The summed E-state index contributed by atoms with van der Waals surface area (Å²) < 4.78 is 35.3. The molecule has 0 unspecified atom stereocenters. The summed E-state index contributed by atoms with van der Waals surface area (Å²) >= 11 is 0. The van der Waals surface area contributed by atoms with Gasteiger partial charge in [0.2, 0.25) is 5.91 Å². The molecule has 3 aromatic rings. The predicted octanol–water partition coefficient (Wildman–Crippen LogP) is 3.26. The van der Waals surface area contributed by atoms with E-state index in [-0.39, 0.29) is 17.3 Å². The van der Waals surface area contributed by atoms with E-state index in [2.05, 4.69) is 15.1 Å². The lowest BCUT2D eigenvalue weighted by atomic mass is 10.2. The molecular weight excluding hydrogens is 404 g/mol. The lowest BCUT2D eigenvalue weighted by Crippen LogP contribution is -2.21. The molecular formula is C21H24N4O4S. The molecule has 1 aromatic heterocycles. The molecule has 9 heteroatoms. The Morgan fingerprint density at radius 1 is 1.10 bits per heavy atom. The molecule has 0 saturated carbocycles. The fourth-order valence-corrected chi connectivity index (χ4v) is 4.41. The summed E-state index contributed by atoms with van der Waals surface area (Å²) in [6, 6.07) is 13.4. The Balaban J connectivity index is 1.82. The first-order valence-corrected chi connectivity index (χ1v) is 10.8. The Labute approximate surface area is 175 Å². The highest BCUT2D eigenvalue weighted by molar-refractivity contribution is 7.92. The van der Waals surface area contributed by atoms with Crippen LogP contribution in [-0.4, -0.2) is 31.2 Å². The van der Waals surface area contributed by atoms with Crippen LogP contribution in [0.25, 0.3) is 0 Å². The van der Waals surface area contributed by atoms with E-state index in [0.29, 0.717) is 22.7 Å².